The van der Waals surface area contributed by atoms with Crippen molar-refractivity contribution in [3.8, 4) is 11.3 Å². The van der Waals surface area contributed by atoms with Crippen LogP contribution in [0, 0.1) is 11.7 Å². The van der Waals surface area contributed by atoms with Gasteiger partial charge in [0.15, 0.2) is 0 Å². The van der Waals surface area contributed by atoms with Gasteiger partial charge in [0.25, 0.3) is 0 Å². The lowest BCUT2D eigenvalue weighted by Gasteiger charge is -2.26. The Bertz CT molecular complexity index is 571. The lowest BCUT2D eigenvalue weighted by atomic mass is 9.84. The third kappa shape index (κ3) is 4.90. The van der Waals surface area contributed by atoms with E-state index >= 15 is 0 Å². The molecule has 0 saturated heterocycles. The second-order valence-electron chi connectivity index (χ2n) is 6.32. The van der Waals surface area contributed by atoms with Crippen molar-refractivity contribution >= 4 is 0 Å². The molecule has 1 fully saturated rings. The fourth-order valence-electron chi connectivity index (χ4n) is 3.00. The van der Waals surface area contributed by atoms with Gasteiger partial charge in [0, 0.05) is 0 Å². The zero-order valence-electron chi connectivity index (χ0n) is 14.2. The van der Waals surface area contributed by atoms with Crippen LogP contribution in [-0.2, 0) is 0 Å². The number of nitrogens with one attached hydrogen (secondary N) is 1. The van der Waals surface area contributed by atoms with Crippen LogP contribution in [0.3, 0.4) is 0 Å². The molecule has 0 radical (unpaired) electrons. The summed E-state index contributed by atoms with van der Waals surface area (Å²) in [7, 11) is 0. The van der Waals surface area contributed by atoms with E-state index < -0.39 is 0 Å². The molecule has 1 aliphatic rings. The molecule has 1 aromatic carbocycles. The number of rotatable bonds is 3. The van der Waals surface area contributed by atoms with Crippen molar-refractivity contribution in [1.82, 2.24) is 9.97 Å². The van der Waals surface area contributed by atoms with Crippen molar-refractivity contribution in [1.29, 1.82) is 0 Å². The number of hydrogen-bond donors (Lipinski definition) is 2. The highest BCUT2D eigenvalue weighted by Gasteiger charge is 2.23. The van der Waals surface area contributed by atoms with E-state index in [9.17, 15) is 4.39 Å². The first-order valence-electron chi connectivity index (χ1n) is 8.72. The van der Waals surface area contributed by atoms with Crippen LogP contribution in [0.15, 0.2) is 30.5 Å². The van der Waals surface area contributed by atoms with Gasteiger partial charge in [-0.3, -0.25) is 0 Å². The molecule has 1 heterocycles. The smallest absolute Gasteiger partial charge is 0.123 e. The van der Waals surface area contributed by atoms with Gasteiger partial charge in [-0.2, -0.15) is 0 Å². The van der Waals surface area contributed by atoms with Crippen LogP contribution in [0.4, 0.5) is 4.39 Å². The average Bonchev–Trinajstić information content (AvgIpc) is 3.06. The lowest BCUT2D eigenvalue weighted by Crippen LogP contribution is -2.24. The van der Waals surface area contributed by atoms with E-state index in [-0.39, 0.29) is 11.9 Å². The Balaban J connectivity index is 0.000000595. The first-order chi connectivity index (χ1) is 11.2. The van der Waals surface area contributed by atoms with E-state index in [1.807, 2.05) is 0 Å². The van der Waals surface area contributed by atoms with Crippen molar-refractivity contribution in [2.45, 2.75) is 58.4 Å². The molecule has 0 spiro atoms. The standard InChI is InChI=1S/C16H20FN3.C3H8/c17-13-8-6-11(7-9-13)14-10-19-16(20-14)15(18)12-4-2-1-3-5-12;1-3-2/h6-10,12,15H,1-5,18H2,(H,19,20);3H2,1-2H3/t15-;/m0./s1. The van der Waals surface area contributed by atoms with Crippen molar-refractivity contribution < 1.29 is 4.39 Å². The van der Waals surface area contributed by atoms with Crippen LogP contribution in [0.2, 0.25) is 0 Å². The summed E-state index contributed by atoms with van der Waals surface area (Å²) in [6, 6.07) is 6.38. The Hall–Kier alpha value is -1.68. The van der Waals surface area contributed by atoms with Gasteiger partial charge in [-0.25, -0.2) is 9.37 Å². The van der Waals surface area contributed by atoms with Crippen molar-refractivity contribution in [3.63, 3.8) is 0 Å². The monoisotopic (exact) mass is 317 g/mol. The molecule has 1 atom stereocenters. The van der Waals surface area contributed by atoms with Crippen molar-refractivity contribution in [3.05, 3.63) is 42.1 Å². The molecule has 1 aromatic heterocycles. The molecule has 3 rings (SSSR count). The maximum atomic E-state index is 12.9. The summed E-state index contributed by atoms with van der Waals surface area (Å²) in [6.07, 6.45) is 9.27. The van der Waals surface area contributed by atoms with Crippen LogP contribution in [0.5, 0.6) is 0 Å². The van der Waals surface area contributed by atoms with E-state index in [0.717, 1.165) is 17.1 Å². The number of aromatic amines is 1. The van der Waals surface area contributed by atoms with E-state index in [4.69, 9.17) is 5.73 Å². The number of hydrogen-bond acceptors (Lipinski definition) is 2. The molecule has 1 saturated carbocycles. The number of imidazole rings is 1. The number of benzene rings is 1. The van der Waals surface area contributed by atoms with Crippen LogP contribution in [0.25, 0.3) is 11.3 Å². The Morgan fingerprint density at radius 3 is 2.39 bits per heavy atom. The molecular weight excluding hydrogens is 289 g/mol. The Morgan fingerprint density at radius 1 is 1.17 bits per heavy atom. The number of aromatic nitrogens is 2. The summed E-state index contributed by atoms with van der Waals surface area (Å²) >= 11 is 0. The van der Waals surface area contributed by atoms with Gasteiger partial charge in [0.1, 0.15) is 11.6 Å². The number of nitrogens with two attached hydrogens (primary N) is 1. The SMILES string of the molecule is CCC.N[C@H](c1ncc(-c2ccc(F)cc2)[nH]1)C1CCCCC1. The Kier molecular flexibility index (Phi) is 6.78. The Labute approximate surface area is 138 Å². The highest BCUT2D eigenvalue weighted by Crippen LogP contribution is 2.32. The quantitative estimate of drug-likeness (QED) is 0.816. The van der Waals surface area contributed by atoms with Crippen LogP contribution >= 0.6 is 0 Å². The molecule has 3 nitrogen and oxygen atoms in total. The maximum Gasteiger partial charge on any atom is 0.123 e. The fourth-order valence-corrected chi connectivity index (χ4v) is 3.00. The highest BCUT2D eigenvalue weighted by atomic mass is 19.1. The summed E-state index contributed by atoms with van der Waals surface area (Å²) in [5.41, 5.74) is 8.16. The van der Waals surface area contributed by atoms with Crippen molar-refractivity contribution in [2.24, 2.45) is 11.7 Å². The van der Waals surface area contributed by atoms with E-state index in [2.05, 4.69) is 23.8 Å². The molecule has 126 valence electrons. The predicted octanol–water partition coefficient (Wildman–Crippen LogP) is 5.21. The Morgan fingerprint density at radius 2 is 1.78 bits per heavy atom. The summed E-state index contributed by atoms with van der Waals surface area (Å²) in [5, 5.41) is 0. The second kappa shape index (κ2) is 8.82. The molecule has 0 aliphatic heterocycles. The van der Waals surface area contributed by atoms with Crippen molar-refractivity contribution in [2.75, 3.05) is 0 Å². The summed E-state index contributed by atoms with van der Waals surface area (Å²) in [6.45, 7) is 4.25. The molecule has 3 N–H and O–H groups in total. The van der Waals surface area contributed by atoms with Crippen LogP contribution in [0.1, 0.15) is 64.2 Å². The number of H-pyrrole nitrogens is 1. The molecule has 1 aliphatic carbocycles. The first-order valence-corrected chi connectivity index (χ1v) is 8.72. The summed E-state index contributed by atoms with van der Waals surface area (Å²) in [5.74, 6) is 1.14. The van der Waals surface area contributed by atoms with Gasteiger partial charge in [-0.1, -0.05) is 39.5 Å². The van der Waals surface area contributed by atoms with Gasteiger partial charge >= 0.3 is 0 Å². The minimum absolute atomic E-state index is 0.0236. The fraction of sp³-hybridized carbons (Fsp3) is 0.526. The van der Waals surface area contributed by atoms with Crippen LogP contribution in [-0.4, -0.2) is 9.97 Å². The molecule has 0 unspecified atom stereocenters. The summed E-state index contributed by atoms with van der Waals surface area (Å²) < 4.78 is 12.9. The van der Waals surface area contributed by atoms with Gasteiger partial charge in [-0.05, 0) is 48.6 Å². The summed E-state index contributed by atoms with van der Waals surface area (Å²) in [4.78, 5) is 7.70. The van der Waals surface area contributed by atoms with E-state index in [1.54, 1.807) is 18.3 Å². The van der Waals surface area contributed by atoms with Gasteiger partial charge in [-0.15, -0.1) is 0 Å². The van der Waals surface area contributed by atoms with Gasteiger partial charge in [0.05, 0.1) is 17.9 Å². The highest BCUT2D eigenvalue weighted by molar-refractivity contribution is 5.58. The zero-order chi connectivity index (χ0) is 16.7. The number of halogens is 1. The molecule has 0 amide bonds. The topological polar surface area (TPSA) is 54.7 Å². The lowest BCUT2D eigenvalue weighted by molar-refractivity contribution is 0.302. The van der Waals surface area contributed by atoms with Crippen LogP contribution < -0.4 is 5.73 Å². The molecule has 4 heteroatoms. The first kappa shape index (κ1) is 17.7. The largest absolute Gasteiger partial charge is 0.341 e. The zero-order valence-corrected chi connectivity index (χ0v) is 14.2. The molecule has 0 bridgehead atoms. The van der Waals surface area contributed by atoms with E-state index in [0.29, 0.717) is 5.92 Å². The molecule has 23 heavy (non-hydrogen) atoms. The van der Waals surface area contributed by atoms with Gasteiger partial charge in [0.2, 0.25) is 0 Å². The molecule has 2 aromatic rings. The predicted molar refractivity (Wildman–Crippen MR) is 93.5 cm³/mol. The van der Waals surface area contributed by atoms with Gasteiger partial charge < -0.3 is 10.7 Å². The number of nitrogens with zero attached hydrogens (tertiary/aromatic N) is 1. The minimum Gasteiger partial charge on any atom is -0.341 e. The third-order valence-corrected chi connectivity index (χ3v) is 4.22. The average molecular weight is 317 g/mol. The molecular formula is C19H28FN3. The third-order valence-electron chi connectivity index (χ3n) is 4.22. The second-order valence-corrected chi connectivity index (χ2v) is 6.32. The van der Waals surface area contributed by atoms with E-state index in [1.165, 1.54) is 50.7 Å². The normalized spacial score (nSPS) is 16.5. The minimum atomic E-state index is -0.229. The maximum absolute atomic E-state index is 12.9.